The number of alkyl halides is 3. The first-order chi connectivity index (χ1) is 12.2. The van der Waals surface area contributed by atoms with E-state index in [2.05, 4.69) is 14.2 Å². The van der Waals surface area contributed by atoms with E-state index in [1.165, 1.54) is 12.1 Å². The van der Waals surface area contributed by atoms with Gasteiger partial charge in [-0.25, -0.2) is 9.97 Å². The molecular formula is C15H14F3N3O4S. The standard InChI is InChI=1S/C15H14F3N3O4S/c16-15(17,18)26(23,24)25-13-9-19-11-5-4-10(8-12(11)20-13)14(22)21-6-2-1-3-7-21/h4-5,8-9H,1-3,6-7H2. The summed E-state index contributed by atoms with van der Waals surface area (Å²) in [6, 6.07) is 4.38. The lowest BCUT2D eigenvalue weighted by Crippen LogP contribution is -2.35. The molecule has 140 valence electrons. The van der Waals surface area contributed by atoms with Crippen LogP contribution in [0, 0.1) is 0 Å². The second-order valence-electron chi connectivity index (χ2n) is 5.75. The number of amides is 1. The number of aromatic nitrogens is 2. The van der Waals surface area contributed by atoms with Crippen molar-refractivity contribution < 1.29 is 30.6 Å². The van der Waals surface area contributed by atoms with E-state index in [9.17, 15) is 26.4 Å². The number of carbonyl (C=O) groups excluding carboxylic acids is 1. The van der Waals surface area contributed by atoms with Crippen LogP contribution in [0.2, 0.25) is 0 Å². The van der Waals surface area contributed by atoms with Gasteiger partial charge in [-0.05, 0) is 37.5 Å². The summed E-state index contributed by atoms with van der Waals surface area (Å²) in [6.45, 7) is 1.27. The third-order valence-electron chi connectivity index (χ3n) is 3.89. The molecule has 0 atom stereocenters. The number of benzene rings is 1. The van der Waals surface area contributed by atoms with Crippen molar-refractivity contribution >= 4 is 27.1 Å². The molecule has 1 amide bonds. The van der Waals surface area contributed by atoms with E-state index >= 15 is 0 Å². The molecule has 26 heavy (non-hydrogen) atoms. The van der Waals surface area contributed by atoms with E-state index in [0.29, 0.717) is 18.7 Å². The molecule has 0 saturated carbocycles. The molecule has 1 saturated heterocycles. The zero-order chi connectivity index (χ0) is 18.9. The third kappa shape index (κ3) is 3.71. The van der Waals surface area contributed by atoms with Crippen molar-refractivity contribution in [2.24, 2.45) is 0 Å². The second kappa shape index (κ2) is 6.71. The van der Waals surface area contributed by atoms with Crippen molar-refractivity contribution in [1.82, 2.24) is 14.9 Å². The average molecular weight is 389 g/mol. The molecule has 0 aliphatic carbocycles. The molecule has 0 spiro atoms. The Morgan fingerprint density at radius 2 is 1.81 bits per heavy atom. The van der Waals surface area contributed by atoms with Crippen LogP contribution in [0.25, 0.3) is 11.0 Å². The number of hydrogen-bond donors (Lipinski definition) is 0. The Morgan fingerprint density at radius 3 is 2.46 bits per heavy atom. The SMILES string of the molecule is O=C(c1ccc2ncc(OS(=O)(=O)C(F)(F)F)nc2c1)N1CCCCC1. The molecule has 3 rings (SSSR count). The summed E-state index contributed by atoms with van der Waals surface area (Å²) in [4.78, 5) is 21.7. The summed E-state index contributed by atoms with van der Waals surface area (Å²) in [5, 5.41) is 0. The van der Waals surface area contributed by atoms with Gasteiger partial charge >= 0.3 is 15.6 Å². The molecule has 0 unspecified atom stereocenters. The van der Waals surface area contributed by atoms with Gasteiger partial charge in [0.2, 0.25) is 0 Å². The summed E-state index contributed by atoms with van der Waals surface area (Å²) in [7, 11) is -5.84. The Balaban J connectivity index is 1.90. The maximum Gasteiger partial charge on any atom is 0.534 e. The zero-order valence-electron chi connectivity index (χ0n) is 13.4. The van der Waals surface area contributed by atoms with E-state index in [4.69, 9.17) is 0 Å². The minimum Gasteiger partial charge on any atom is -0.354 e. The number of fused-ring (bicyclic) bond motifs is 1. The average Bonchev–Trinajstić information content (AvgIpc) is 2.60. The van der Waals surface area contributed by atoms with Crippen molar-refractivity contribution in [2.45, 2.75) is 24.8 Å². The number of carbonyl (C=O) groups is 1. The smallest absolute Gasteiger partial charge is 0.354 e. The molecule has 1 aromatic carbocycles. The number of halogens is 3. The molecule has 0 bridgehead atoms. The maximum absolute atomic E-state index is 12.5. The van der Waals surface area contributed by atoms with Crippen LogP contribution >= 0.6 is 0 Å². The lowest BCUT2D eigenvalue weighted by atomic mass is 10.1. The molecule has 11 heteroatoms. The van der Waals surface area contributed by atoms with Crippen LogP contribution in [0.1, 0.15) is 29.6 Å². The molecule has 2 heterocycles. The summed E-state index contributed by atoms with van der Waals surface area (Å²) in [6.07, 6.45) is 3.65. The minimum atomic E-state index is -5.84. The normalized spacial score (nSPS) is 15.9. The number of likely N-dealkylation sites (tertiary alicyclic amines) is 1. The number of hydrogen-bond acceptors (Lipinski definition) is 6. The monoisotopic (exact) mass is 389 g/mol. The lowest BCUT2D eigenvalue weighted by molar-refractivity contribution is -0.0501. The van der Waals surface area contributed by atoms with Gasteiger partial charge < -0.3 is 9.08 Å². The van der Waals surface area contributed by atoms with Crippen LogP contribution in [-0.4, -0.2) is 47.8 Å². The van der Waals surface area contributed by atoms with Gasteiger partial charge in [0.05, 0.1) is 17.2 Å². The molecule has 1 aliphatic rings. The van der Waals surface area contributed by atoms with E-state index in [-0.39, 0.29) is 16.9 Å². The minimum absolute atomic E-state index is 0.0581. The van der Waals surface area contributed by atoms with E-state index in [1.807, 2.05) is 0 Å². The second-order valence-corrected chi connectivity index (χ2v) is 7.29. The third-order valence-corrected chi connectivity index (χ3v) is 4.85. The highest BCUT2D eigenvalue weighted by Crippen LogP contribution is 2.26. The number of nitrogens with zero attached hydrogens (tertiary/aromatic N) is 3. The van der Waals surface area contributed by atoms with Crippen molar-refractivity contribution in [3.05, 3.63) is 30.0 Å². The maximum atomic E-state index is 12.5. The molecule has 1 aromatic heterocycles. The highest BCUT2D eigenvalue weighted by molar-refractivity contribution is 7.87. The van der Waals surface area contributed by atoms with Crippen molar-refractivity contribution in [3.8, 4) is 5.88 Å². The zero-order valence-corrected chi connectivity index (χ0v) is 14.2. The topological polar surface area (TPSA) is 89.5 Å². The van der Waals surface area contributed by atoms with Crippen LogP contribution in [0.3, 0.4) is 0 Å². The highest BCUT2D eigenvalue weighted by atomic mass is 32.2. The summed E-state index contributed by atoms with van der Waals surface area (Å²) < 4.78 is 63.3. The Labute approximate surface area is 146 Å². The first kappa shape index (κ1) is 18.4. The van der Waals surface area contributed by atoms with Gasteiger partial charge in [0.25, 0.3) is 11.8 Å². The molecule has 0 radical (unpaired) electrons. The van der Waals surface area contributed by atoms with E-state index in [1.54, 1.807) is 11.0 Å². The molecular weight excluding hydrogens is 375 g/mol. The van der Waals surface area contributed by atoms with Crippen LogP contribution in [0.4, 0.5) is 13.2 Å². The summed E-state index contributed by atoms with van der Waals surface area (Å²) >= 11 is 0. The first-order valence-corrected chi connectivity index (χ1v) is 9.15. The van der Waals surface area contributed by atoms with Crippen molar-refractivity contribution in [1.29, 1.82) is 0 Å². The Morgan fingerprint density at radius 1 is 1.12 bits per heavy atom. The van der Waals surface area contributed by atoms with Gasteiger partial charge in [0.1, 0.15) is 0 Å². The van der Waals surface area contributed by atoms with Crippen LogP contribution in [-0.2, 0) is 10.1 Å². The molecule has 1 fully saturated rings. The van der Waals surface area contributed by atoms with Gasteiger partial charge in [0.15, 0.2) is 0 Å². The molecule has 1 aliphatic heterocycles. The van der Waals surface area contributed by atoms with E-state index < -0.39 is 21.5 Å². The Bertz CT molecular complexity index is 941. The van der Waals surface area contributed by atoms with Gasteiger partial charge in [-0.2, -0.15) is 21.6 Å². The van der Waals surface area contributed by atoms with Gasteiger partial charge in [0, 0.05) is 18.7 Å². The first-order valence-electron chi connectivity index (χ1n) is 7.74. The summed E-state index contributed by atoms with van der Waals surface area (Å²) in [5.41, 5.74) is -4.93. The Kier molecular flexibility index (Phi) is 4.74. The molecule has 2 aromatic rings. The van der Waals surface area contributed by atoms with Gasteiger partial charge in [-0.1, -0.05) is 0 Å². The highest BCUT2D eigenvalue weighted by Gasteiger charge is 2.48. The Hall–Kier alpha value is -2.43. The van der Waals surface area contributed by atoms with Crippen molar-refractivity contribution in [3.63, 3.8) is 0 Å². The predicted octanol–water partition coefficient (Wildman–Crippen LogP) is 2.48. The van der Waals surface area contributed by atoms with Gasteiger partial charge in [-0.15, -0.1) is 0 Å². The van der Waals surface area contributed by atoms with Crippen molar-refractivity contribution in [2.75, 3.05) is 13.1 Å². The fourth-order valence-corrected chi connectivity index (χ4v) is 3.01. The number of rotatable bonds is 3. The largest absolute Gasteiger partial charge is 0.534 e. The number of piperidine rings is 1. The fraction of sp³-hybridized carbons (Fsp3) is 0.400. The predicted molar refractivity (Wildman–Crippen MR) is 84.9 cm³/mol. The quantitative estimate of drug-likeness (QED) is 0.592. The van der Waals surface area contributed by atoms with E-state index in [0.717, 1.165) is 25.5 Å². The van der Waals surface area contributed by atoms with Gasteiger partial charge in [-0.3, -0.25) is 4.79 Å². The van der Waals surface area contributed by atoms with Crippen LogP contribution < -0.4 is 4.18 Å². The molecule has 7 nitrogen and oxygen atoms in total. The van der Waals surface area contributed by atoms with Crippen LogP contribution in [0.5, 0.6) is 5.88 Å². The lowest BCUT2D eigenvalue weighted by Gasteiger charge is -2.26. The van der Waals surface area contributed by atoms with Crippen LogP contribution in [0.15, 0.2) is 24.4 Å². The fourth-order valence-electron chi connectivity index (χ4n) is 2.61. The summed E-state index contributed by atoms with van der Waals surface area (Å²) in [5.74, 6) is -1.04. The molecule has 0 N–H and O–H groups in total.